The van der Waals surface area contributed by atoms with Crippen molar-refractivity contribution < 1.29 is 4.79 Å². The number of amides is 1. The molecule has 1 unspecified atom stereocenters. The van der Waals surface area contributed by atoms with E-state index in [1.165, 1.54) is 5.56 Å². The minimum atomic E-state index is 0.0864. The van der Waals surface area contributed by atoms with E-state index >= 15 is 0 Å². The molecule has 0 fully saturated rings. The van der Waals surface area contributed by atoms with Gasteiger partial charge in [0.25, 0.3) is 0 Å². The Morgan fingerprint density at radius 2 is 2.00 bits per heavy atom. The highest BCUT2D eigenvalue weighted by atomic mass is 16.1. The lowest BCUT2D eigenvalue weighted by molar-refractivity contribution is -0.120. The van der Waals surface area contributed by atoms with Crippen LogP contribution in [0.1, 0.15) is 32.3 Å². The smallest absolute Gasteiger partial charge is 0.233 e. The van der Waals surface area contributed by atoms with Crippen molar-refractivity contribution in [3.63, 3.8) is 0 Å². The van der Waals surface area contributed by atoms with Crippen molar-refractivity contribution in [2.45, 2.75) is 39.2 Å². The van der Waals surface area contributed by atoms with E-state index in [1.54, 1.807) is 0 Å². The average molecular weight is 248 g/mol. The zero-order valence-corrected chi connectivity index (χ0v) is 11.4. The van der Waals surface area contributed by atoms with Crippen LogP contribution in [-0.2, 0) is 11.2 Å². The second-order valence-corrected chi connectivity index (χ2v) is 4.63. The monoisotopic (exact) mass is 248 g/mol. The second kappa shape index (κ2) is 8.70. The van der Waals surface area contributed by atoms with Gasteiger partial charge in [-0.15, -0.1) is 0 Å². The summed E-state index contributed by atoms with van der Waals surface area (Å²) in [6.07, 6.45) is 3.04. The van der Waals surface area contributed by atoms with Gasteiger partial charge in [0.1, 0.15) is 0 Å². The summed E-state index contributed by atoms with van der Waals surface area (Å²) in [4.78, 5) is 11.5. The first-order valence-corrected chi connectivity index (χ1v) is 6.76. The molecule has 1 rings (SSSR count). The molecular weight excluding hydrogens is 224 g/mol. The van der Waals surface area contributed by atoms with Crippen molar-refractivity contribution in [2.75, 3.05) is 13.1 Å². The van der Waals surface area contributed by atoms with E-state index in [9.17, 15) is 4.79 Å². The van der Waals surface area contributed by atoms with Crippen LogP contribution in [0.25, 0.3) is 0 Å². The predicted octanol–water partition coefficient (Wildman–Crippen LogP) is 2.12. The zero-order valence-electron chi connectivity index (χ0n) is 11.4. The third-order valence-corrected chi connectivity index (χ3v) is 3.03. The van der Waals surface area contributed by atoms with Crippen LogP contribution in [0.5, 0.6) is 0 Å². The van der Waals surface area contributed by atoms with Gasteiger partial charge in [-0.3, -0.25) is 4.79 Å². The van der Waals surface area contributed by atoms with Gasteiger partial charge in [-0.1, -0.05) is 37.3 Å². The summed E-state index contributed by atoms with van der Waals surface area (Å²) >= 11 is 0. The van der Waals surface area contributed by atoms with Crippen molar-refractivity contribution in [3.05, 3.63) is 35.9 Å². The molecule has 0 spiro atoms. The number of hydrogen-bond donors (Lipinski definition) is 2. The molecule has 0 aliphatic carbocycles. The Morgan fingerprint density at radius 1 is 1.28 bits per heavy atom. The van der Waals surface area contributed by atoms with E-state index in [4.69, 9.17) is 0 Å². The van der Waals surface area contributed by atoms with E-state index in [0.717, 1.165) is 25.8 Å². The van der Waals surface area contributed by atoms with E-state index in [1.807, 2.05) is 18.2 Å². The van der Waals surface area contributed by atoms with Gasteiger partial charge in [-0.25, -0.2) is 0 Å². The maximum Gasteiger partial charge on any atom is 0.233 e. The zero-order chi connectivity index (χ0) is 13.2. The number of aryl methyl sites for hydroxylation is 1. The van der Waals surface area contributed by atoms with Crippen molar-refractivity contribution in [3.8, 4) is 0 Å². The molecule has 1 aromatic carbocycles. The SMILES string of the molecule is CCC(C)NCC(=O)NCCCc1ccccc1. The summed E-state index contributed by atoms with van der Waals surface area (Å²) in [6.45, 7) is 5.36. The molecule has 0 bridgehead atoms. The van der Waals surface area contributed by atoms with Gasteiger partial charge in [0, 0.05) is 12.6 Å². The molecule has 0 heterocycles. The molecule has 3 heteroatoms. The molecule has 0 aliphatic rings. The quantitative estimate of drug-likeness (QED) is 0.692. The Hall–Kier alpha value is -1.35. The van der Waals surface area contributed by atoms with Gasteiger partial charge in [-0.05, 0) is 31.7 Å². The van der Waals surface area contributed by atoms with E-state index in [2.05, 4.69) is 36.6 Å². The molecule has 0 aromatic heterocycles. The summed E-state index contributed by atoms with van der Waals surface area (Å²) in [5.74, 6) is 0.0864. The van der Waals surface area contributed by atoms with Crippen molar-refractivity contribution in [1.29, 1.82) is 0 Å². The predicted molar refractivity (Wildman–Crippen MR) is 75.5 cm³/mol. The minimum absolute atomic E-state index is 0.0864. The van der Waals surface area contributed by atoms with Crippen LogP contribution >= 0.6 is 0 Å². The fraction of sp³-hybridized carbons (Fsp3) is 0.533. The lowest BCUT2D eigenvalue weighted by Crippen LogP contribution is -2.38. The first-order valence-electron chi connectivity index (χ1n) is 6.76. The molecule has 3 nitrogen and oxygen atoms in total. The molecule has 0 saturated carbocycles. The normalized spacial score (nSPS) is 12.1. The van der Waals surface area contributed by atoms with E-state index < -0.39 is 0 Å². The number of carbonyl (C=O) groups is 1. The molecular formula is C15H24N2O. The number of benzene rings is 1. The first-order chi connectivity index (χ1) is 8.72. The van der Waals surface area contributed by atoms with Crippen molar-refractivity contribution in [1.82, 2.24) is 10.6 Å². The number of hydrogen-bond acceptors (Lipinski definition) is 2. The molecule has 100 valence electrons. The third-order valence-electron chi connectivity index (χ3n) is 3.03. The lowest BCUT2D eigenvalue weighted by atomic mass is 10.1. The Kier molecular flexibility index (Phi) is 7.11. The Morgan fingerprint density at radius 3 is 2.67 bits per heavy atom. The van der Waals surface area contributed by atoms with Crippen molar-refractivity contribution >= 4 is 5.91 Å². The Labute approximate surface area is 110 Å². The van der Waals surface area contributed by atoms with Gasteiger partial charge in [-0.2, -0.15) is 0 Å². The molecule has 2 N–H and O–H groups in total. The molecule has 1 amide bonds. The molecule has 18 heavy (non-hydrogen) atoms. The van der Waals surface area contributed by atoms with Gasteiger partial charge < -0.3 is 10.6 Å². The maximum atomic E-state index is 11.5. The summed E-state index contributed by atoms with van der Waals surface area (Å²) in [6, 6.07) is 10.7. The standard InChI is InChI=1S/C15H24N2O/c1-3-13(2)17-12-15(18)16-11-7-10-14-8-5-4-6-9-14/h4-6,8-9,13,17H,3,7,10-12H2,1-2H3,(H,16,18). The molecule has 0 saturated heterocycles. The maximum absolute atomic E-state index is 11.5. The summed E-state index contributed by atoms with van der Waals surface area (Å²) in [7, 11) is 0. The lowest BCUT2D eigenvalue weighted by Gasteiger charge is -2.11. The fourth-order valence-corrected chi connectivity index (χ4v) is 1.64. The van der Waals surface area contributed by atoms with Crippen LogP contribution in [0.2, 0.25) is 0 Å². The Balaban J connectivity index is 2.05. The summed E-state index contributed by atoms with van der Waals surface area (Å²) in [5, 5.41) is 6.11. The van der Waals surface area contributed by atoms with Crippen LogP contribution < -0.4 is 10.6 Å². The van der Waals surface area contributed by atoms with Crippen LogP contribution in [-0.4, -0.2) is 25.0 Å². The van der Waals surface area contributed by atoms with E-state index in [-0.39, 0.29) is 5.91 Å². The molecule has 0 aliphatic heterocycles. The molecule has 1 atom stereocenters. The highest BCUT2D eigenvalue weighted by Gasteiger charge is 2.02. The minimum Gasteiger partial charge on any atom is -0.355 e. The second-order valence-electron chi connectivity index (χ2n) is 4.63. The van der Waals surface area contributed by atoms with Gasteiger partial charge in [0.05, 0.1) is 6.54 Å². The molecule has 0 radical (unpaired) electrons. The topological polar surface area (TPSA) is 41.1 Å². The van der Waals surface area contributed by atoms with Crippen LogP contribution in [0.3, 0.4) is 0 Å². The van der Waals surface area contributed by atoms with Crippen LogP contribution in [0.4, 0.5) is 0 Å². The third kappa shape index (κ3) is 6.40. The highest BCUT2D eigenvalue weighted by Crippen LogP contribution is 2.01. The van der Waals surface area contributed by atoms with Gasteiger partial charge in [0.15, 0.2) is 0 Å². The average Bonchev–Trinajstić information content (AvgIpc) is 2.42. The first kappa shape index (κ1) is 14.7. The largest absolute Gasteiger partial charge is 0.355 e. The van der Waals surface area contributed by atoms with Gasteiger partial charge in [0.2, 0.25) is 5.91 Å². The Bertz CT molecular complexity index is 338. The van der Waals surface area contributed by atoms with Crippen LogP contribution in [0.15, 0.2) is 30.3 Å². The highest BCUT2D eigenvalue weighted by molar-refractivity contribution is 5.77. The molecule has 1 aromatic rings. The van der Waals surface area contributed by atoms with Crippen LogP contribution in [0, 0.1) is 0 Å². The fourth-order valence-electron chi connectivity index (χ4n) is 1.64. The van der Waals surface area contributed by atoms with Crippen molar-refractivity contribution in [2.24, 2.45) is 0 Å². The summed E-state index contributed by atoms with van der Waals surface area (Å²) < 4.78 is 0. The number of rotatable bonds is 8. The van der Waals surface area contributed by atoms with Gasteiger partial charge >= 0.3 is 0 Å². The number of carbonyl (C=O) groups excluding carboxylic acids is 1. The summed E-state index contributed by atoms with van der Waals surface area (Å²) in [5.41, 5.74) is 1.32. The van der Waals surface area contributed by atoms with E-state index in [0.29, 0.717) is 12.6 Å². The number of nitrogens with one attached hydrogen (secondary N) is 2.